The van der Waals surface area contributed by atoms with Crippen LogP contribution in [0.4, 0.5) is 13.2 Å². The van der Waals surface area contributed by atoms with Crippen LogP contribution in [-0.2, 0) is 22.4 Å². The highest BCUT2D eigenvalue weighted by Crippen LogP contribution is 2.32. The van der Waals surface area contributed by atoms with Crippen LogP contribution in [0.5, 0.6) is 0 Å². The molecule has 1 aliphatic heterocycles. The fourth-order valence-electron chi connectivity index (χ4n) is 3.27. The molecule has 0 aliphatic carbocycles. The number of hydroxylamine groups is 2. The van der Waals surface area contributed by atoms with Crippen LogP contribution in [0.15, 0.2) is 36.7 Å². The number of rotatable bonds is 4. The molecule has 0 bridgehead atoms. The molecule has 1 amide bonds. The molecule has 0 unspecified atom stereocenters. The zero-order valence-electron chi connectivity index (χ0n) is 15.4. The van der Waals surface area contributed by atoms with Crippen LogP contribution in [0.1, 0.15) is 28.0 Å². The average molecular weight is 406 g/mol. The summed E-state index contributed by atoms with van der Waals surface area (Å²) in [6.07, 6.45) is -0.903. The summed E-state index contributed by atoms with van der Waals surface area (Å²) in [5.74, 6) is -0.335. The zero-order valence-corrected chi connectivity index (χ0v) is 15.4. The summed E-state index contributed by atoms with van der Waals surface area (Å²) in [6, 6.07) is 4.96. The van der Waals surface area contributed by atoms with Gasteiger partial charge in [0.25, 0.3) is 5.91 Å². The minimum atomic E-state index is -4.46. The van der Waals surface area contributed by atoms with Gasteiger partial charge in [0.15, 0.2) is 0 Å². The van der Waals surface area contributed by atoms with E-state index in [-0.39, 0.29) is 18.0 Å². The molecule has 2 aromatic heterocycles. The van der Waals surface area contributed by atoms with Crippen molar-refractivity contribution in [2.75, 3.05) is 20.3 Å². The van der Waals surface area contributed by atoms with E-state index >= 15 is 0 Å². The van der Waals surface area contributed by atoms with Crippen LogP contribution in [0.2, 0.25) is 0 Å². The van der Waals surface area contributed by atoms with Crippen molar-refractivity contribution in [1.82, 2.24) is 19.8 Å². The van der Waals surface area contributed by atoms with E-state index in [1.165, 1.54) is 35.3 Å². The molecule has 152 valence electrons. The molecule has 0 spiro atoms. The minimum Gasteiger partial charge on any atom is -0.378 e. The molecule has 4 rings (SSSR count). The third-order valence-electron chi connectivity index (χ3n) is 4.63. The lowest BCUT2D eigenvalue weighted by atomic mass is 10.1. The molecule has 29 heavy (non-hydrogen) atoms. The minimum absolute atomic E-state index is 0.0827. The Kier molecular flexibility index (Phi) is 4.97. The van der Waals surface area contributed by atoms with E-state index in [9.17, 15) is 18.0 Å². The van der Waals surface area contributed by atoms with Gasteiger partial charge in [0.05, 0.1) is 54.0 Å². The van der Waals surface area contributed by atoms with Gasteiger partial charge in [-0.15, -0.1) is 0 Å². The maximum Gasteiger partial charge on any atom is 0.416 e. The lowest BCUT2D eigenvalue weighted by Gasteiger charge is -2.15. The standard InChI is InChI=1S/C19H17F3N4O3/c1-28-11-17-14(18(27)25-7-2-8-29-25)10-24-26(17)16-5-6-23-15-9-12(19(20,21)22)3-4-13(15)16/h3-6,9-10H,2,7-8,11H2,1H3. The van der Waals surface area contributed by atoms with Gasteiger partial charge >= 0.3 is 6.18 Å². The summed E-state index contributed by atoms with van der Waals surface area (Å²) in [5, 5.41) is 6.05. The highest BCUT2D eigenvalue weighted by Gasteiger charge is 2.31. The molecule has 0 saturated carbocycles. The number of benzene rings is 1. The van der Waals surface area contributed by atoms with Gasteiger partial charge in [-0.3, -0.25) is 14.6 Å². The van der Waals surface area contributed by atoms with Crippen molar-refractivity contribution in [1.29, 1.82) is 0 Å². The van der Waals surface area contributed by atoms with Crippen LogP contribution in [-0.4, -0.2) is 46.0 Å². The van der Waals surface area contributed by atoms with Crippen molar-refractivity contribution in [2.45, 2.75) is 19.2 Å². The molecule has 1 fully saturated rings. The molecule has 7 nitrogen and oxygen atoms in total. The Labute approximate surface area is 163 Å². The number of pyridine rings is 1. The maximum absolute atomic E-state index is 13.0. The van der Waals surface area contributed by atoms with E-state index < -0.39 is 11.7 Å². The monoisotopic (exact) mass is 406 g/mol. The number of aromatic nitrogens is 3. The number of carbonyl (C=O) groups excluding carboxylic acids is 1. The van der Waals surface area contributed by atoms with Gasteiger partial charge < -0.3 is 4.74 Å². The van der Waals surface area contributed by atoms with Crippen LogP contribution < -0.4 is 0 Å². The van der Waals surface area contributed by atoms with Crippen LogP contribution in [0.25, 0.3) is 16.6 Å². The number of alkyl halides is 3. The predicted molar refractivity (Wildman–Crippen MR) is 96.2 cm³/mol. The smallest absolute Gasteiger partial charge is 0.378 e. The third-order valence-corrected chi connectivity index (χ3v) is 4.63. The van der Waals surface area contributed by atoms with Crippen molar-refractivity contribution in [2.24, 2.45) is 0 Å². The quantitative estimate of drug-likeness (QED) is 0.665. The first-order valence-electron chi connectivity index (χ1n) is 8.87. The van der Waals surface area contributed by atoms with Gasteiger partial charge in [-0.1, -0.05) is 6.07 Å². The van der Waals surface area contributed by atoms with E-state index in [0.29, 0.717) is 35.5 Å². The molecule has 1 aliphatic rings. The van der Waals surface area contributed by atoms with E-state index in [4.69, 9.17) is 9.57 Å². The Morgan fingerprint density at radius 1 is 1.31 bits per heavy atom. The number of ether oxygens (including phenoxy) is 1. The van der Waals surface area contributed by atoms with Gasteiger partial charge in [-0.2, -0.15) is 18.3 Å². The average Bonchev–Trinajstić information content (AvgIpc) is 3.36. The molecule has 3 aromatic rings. The molecule has 0 N–H and O–H groups in total. The first-order valence-corrected chi connectivity index (χ1v) is 8.87. The number of carbonyl (C=O) groups is 1. The van der Waals surface area contributed by atoms with E-state index in [1.807, 2.05) is 0 Å². The highest BCUT2D eigenvalue weighted by molar-refractivity contribution is 5.95. The summed E-state index contributed by atoms with van der Waals surface area (Å²) in [4.78, 5) is 22.1. The second kappa shape index (κ2) is 7.45. The Hall–Kier alpha value is -2.98. The van der Waals surface area contributed by atoms with Crippen molar-refractivity contribution in [3.63, 3.8) is 0 Å². The van der Waals surface area contributed by atoms with Crippen molar-refractivity contribution >= 4 is 16.8 Å². The molecule has 0 atom stereocenters. The van der Waals surface area contributed by atoms with E-state index in [2.05, 4.69) is 10.1 Å². The fourth-order valence-corrected chi connectivity index (χ4v) is 3.27. The van der Waals surface area contributed by atoms with Gasteiger partial charge in [0.1, 0.15) is 0 Å². The Balaban J connectivity index is 1.82. The number of hydrogen-bond donors (Lipinski definition) is 0. The second-order valence-electron chi connectivity index (χ2n) is 6.50. The molecular formula is C19H17F3N4O3. The first-order chi connectivity index (χ1) is 13.9. The number of methoxy groups -OCH3 is 1. The van der Waals surface area contributed by atoms with E-state index in [0.717, 1.165) is 18.6 Å². The Morgan fingerprint density at radius 2 is 2.14 bits per heavy atom. The normalized spacial score (nSPS) is 14.7. The summed E-state index contributed by atoms with van der Waals surface area (Å²) >= 11 is 0. The lowest BCUT2D eigenvalue weighted by Crippen LogP contribution is -2.27. The molecule has 1 saturated heterocycles. The summed E-state index contributed by atoms with van der Waals surface area (Å²) in [6.45, 7) is 1.03. The SMILES string of the molecule is COCc1c(C(=O)N2CCCO2)cnn1-c1ccnc2cc(C(F)(F)F)ccc12. The Morgan fingerprint density at radius 3 is 2.83 bits per heavy atom. The predicted octanol–water partition coefficient (Wildman–Crippen LogP) is 3.36. The topological polar surface area (TPSA) is 69.5 Å². The van der Waals surface area contributed by atoms with Crippen molar-refractivity contribution < 1.29 is 27.5 Å². The molecular weight excluding hydrogens is 389 g/mol. The maximum atomic E-state index is 13.0. The Bertz CT molecular complexity index is 1060. The largest absolute Gasteiger partial charge is 0.416 e. The number of hydrogen-bond acceptors (Lipinski definition) is 5. The number of amides is 1. The lowest BCUT2D eigenvalue weighted by molar-refractivity contribution is -0.137. The van der Waals surface area contributed by atoms with Crippen LogP contribution >= 0.6 is 0 Å². The number of fused-ring (bicyclic) bond motifs is 1. The number of nitrogens with zero attached hydrogens (tertiary/aromatic N) is 4. The van der Waals surface area contributed by atoms with Gasteiger partial charge in [-0.05, 0) is 24.6 Å². The van der Waals surface area contributed by atoms with Crippen LogP contribution in [0.3, 0.4) is 0 Å². The highest BCUT2D eigenvalue weighted by atomic mass is 19.4. The third kappa shape index (κ3) is 3.56. The number of halogens is 3. The van der Waals surface area contributed by atoms with Gasteiger partial charge in [-0.25, -0.2) is 9.75 Å². The fraction of sp³-hybridized carbons (Fsp3) is 0.316. The van der Waals surface area contributed by atoms with Gasteiger partial charge in [0, 0.05) is 18.7 Å². The second-order valence-corrected chi connectivity index (χ2v) is 6.50. The summed E-state index contributed by atoms with van der Waals surface area (Å²) in [7, 11) is 1.48. The van der Waals surface area contributed by atoms with E-state index in [1.54, 1.807) is 6.07 Å². The molecule has 1 aromatic carbocycles. The molecule has 10 heteroatoms. The molecule has 3 heterocycles. The van der Waals surface area contributed by atoms with Crippen molar-refractivity contribution in [3.8, 4) is 5.69 Å². The van der Waals surface area contributed by atoms with Crippen LogP contribution in [0, 0.1) is 0 Å². The van der Waals surface area contributed by atoms with Gasteiger partial charge in [0.2, 0.25) is 0 Å². The summed E-state index contributed by atoms with van der Waals surface area (Å²) < 4.78 is 45.8. The zero-order chi connectivity index (χ0) is 20.6. The summed E-state index contributed by atoms with van der Waals surface area (Å²) in [5.41, 5.74) is 0.671. The molecule has 0 radical (unpaired) electrons. The van der Waals surface area contributed by atoms with Crippen molar-refractivity contribution in [3.05, 3.63) is 53.5 Å². The first kappa shape index (κ1) is 19.3.